The van der Waals surface area contributed by atoms with E-state index in [0.29, 0.717) is 11.5 Å². The van der Waals surface area contributed by atoms with E-state index in [-0.39, 0.29) is 17.2 Å². The first-order valence-corrected chi connectivity index (χ1v) is 9.07. The molecule has 0 unspecified atom stereocenters. The van der Waals surface area contributed by atoms with Crippen LogP contribution in [-0.4, -0.2) is 30.8 Å². The van der Waals surface area contributed by atoms with Crippen molar-refractivity contribution in [1.29, 1.82) is 0 Å². The lowest BCUT2D eigenvalue weighted by molar-refractivity contribution is -0.124. The number of carbonyl (C=O) groups is 2. The normalized spacial score (nSPS) is 19.3. The Hall–Kier alpha value is -1.84. The Bertz CT molecular complexity index is 660. The van der Waals surface area contributed by atoms with Crippen molar-refractivity contribution in [2.45, 2.75) is 58.4 Å². The largest absolute Gasteiger partial charge is 0.358 e. The Balaban J connectivity index is 2.08. The van der Waals surface area contributed by atoms with E-state index in [1.807, 2.05) is 30.1 Å². The van der Waals surface area contributed by atoms with Gasteiger partial charge in [-0.1, -0.05) is 26.7 Å². The summed E-state index contributed by atoms with van der Waals surface area (Å²) in [5, 5.41) is 0. The minimum absolute atomic E-state index is 0.0397. The van der Waals surface area contributed by atoms with Gasteiger partial charge >= 0.3 is 0 Å². The zero-order valence-electron chi connectivity index (χ0n) is 15.3. The number of benzene rings is 1. The van der Waals surface area contributed by atoms with Gasteiger partial charge in [-0.3, -0.25) is 9.59 Å². The smallest absolute Gasteiger partial charge is 0.252 e. The summed E-state index contributed by atoms with van der Waals surface area (Å²) in [5.41, 5.74) is 2.26. The standard InChI is InChI=1S/C20H28N2O2/c1-14(2)9-12-22-18-13-16(15(3)23)7-8-17(18)21(4)20(19(22)24)10-5-6-11-20/h7-8,13-14H,5-6,9-12H2,1-4H3. The van der Waals surface area contributed by atoms with E-state index in [2.05, 4.69) is 18.7 Å². The minimum atomic E-state index is -0.387. The molecule has 1 heterocycles. The van der Waals surface area contributed by atoms with E-state index in [9.17, 15) is 9.59 Å². The van der Waals surface area contributed by atoms with Crippen molar-refractivity contribution >= 4 is 23.1 Å². The zero-order chi connectivity index (χ0) is 17.5. The second kappa shape index (κ2) is 6.23. The molecule has 1 saturated carbocycles. The number of nitrogens with zero attached hydrogens (tertiary/aromatic N) is 2. The van der Waals surface area contributed by atoms with E-state index in [0.717, 1.165) is 50.0 Å². The number of carbonyl (C=O) groups excluding carboxylic acids is 2. The lowest BCUT2D eigenvalue weighted by Gasteiger charge is -2.48. The van der Waals surface area contributed by atoms with Crippen LogP contribution in [0.5, 0.6) is 0 Å². The molecule has 1 aromatic carbocycles. The van der Waals surface area contributed by atoms with Crippen molar-refractivity contribution in [2.24, 2.45) is 5.92 Å². The topological polar surface area (TPSA) is 40.6 Å². The van der Waals surface area contributed by atoms with Crippen molar-refractivity contribution in [3.05, 3.63) is 23.8 Å². The van der Waals surface area contributed by atoms with Gasteiger partial charge in [-0.2, -0.15) is 0 Å². The number of hydrogen-bond acceptors (Lipinski definition) is 3. The third-order valence-electron chi connectivity index (χ3n) is 5.68. The Morgan fingerprint density at radius 3 is 2.46 bits per heavy atom. The number of hydrogen-bond donors (Lipinski definition) is 0. The van der Waals surface area contributed by atoms with Crippen LogP contribution in [0.15, 0.2) is 18.2 Å². The molecule has 0 radical (unpaired) electrons. The molecule has 1 aromatic rings. The third kappa shape index (κ3) is 2.62. The molecule has 1 spiro atoms. The molecule has 1 amide bonds. The van der Waals surface area contributed by atoms with Crippen molar-refractivity contribution in [3.8, 4) is 0 Å². The van der Waals surface area contributed by atoms with Gasteiger partial charge in [0.2, 0.25) is 0 Å². The maximum absolute atomic E-state index is 13.4. The van der Waals surface area contributed by atoms with Gasteiger partial charge in [0, 0.05) is 19.2 Å². The van der Waals surface area contributed by atoms with Crippen LogP contribution in [0.2, 0.25) is 0 Å². The monoisotopic (exact) mass is 328 g/mol. The summed E-state index contributed by atoms with van der Waals surface area (Å²) < 4.78 is 0. The van der Waals surface area contributed by atoms with Crippen LogP contribution in [0.3, 0.4) is 0 Å². The highest BCUT2D eigenvalue weighted by atomic mass is 16.2. The Kier molecular flexibility index (Phi) is 4.41. The van der Waals surface area contributed by atoms with Crippen molar-refractivity contribution in [2.75, 3.05) is 23.4 Å². The van der Waals surface area contributed by atoms with Gasteiger partial charge in [0.05, 0.1) is 11.4 Å². The molecule has 0 atom stereocenters. The average molecular weight is 328 g/mol. The highest BCUT2D eigenvalue weighted by molar-refractivity contribution is 6.09. The highest BCUT2D eigenvalue weighted by Gasteiger charge is 2.51. The quantitative estimate of drug-likeness (QED) is 0.784. The predicted octanol–water partition coefficient (Wildman–Crippen LogP) is 4.03. The fourth-order valence-electron chi connectivity index (χ4n) is 4.10. The van der Waals surface area contributed by atoms with Crippen molar-refractivity contribution in [1.82, 2.24) is 0 Å². The molecule has 130 valence electrons. The first kappa shape index (κ1) is 17.0. The van der Waals surface area contributed by atoms with Crippen LogP contribution < -0.4 is 9.80 Å². The predicted molar refractivity (Wildman–Crippen MR) is 97.9 cm³/mol. The Morgan fingerprint density at radius 2 is 1.88 bits per heavy atom. The van der Waals surface area contributed by atoms with Crippen LogP contribution in [0, 0.1) is 5.92 Å². The molecule has 0 aromatic heterocycles. The number of Topliss-reactive ketones (excluding diaryl/α,β-unsaturated/α-hetero) is 1. The number of rotatable bonds is 4. The molecule has 3 rings (SSSR count). The number of amides is 1. The van der Waals surface area contributed by atoms with E-state index >= 15 is 0 Å². The van der Waals surface area contributed by atoms with Gasteiger partial charge in [-0.05, 0) is 50.3 Å². The van der Waals surface area contributed by atoms with E-state index in [1.165, 1.54) is 0 Å². The van der Waals surface area contributed by atoms with Gasteiger partial charge in [0.25, 0.3) is 5.91 Å². The van der Waals surface area contributed by atoms with Gasteiger partial charge in [0.1, 0.15) is 5.54 Å². The van der Waals surface area contributed by atoms with Crippen LogP contribution in [-0.2, 0) is 4.79 Å². The van der Waals surface area contributed by atoms with Crippen molar-refractivity contribution < 1.29 is 9.59 Å². The summed E-state index contributed by atoms with van der Waals surface area (Å²) in [5.74, 6) is 0.797. The maximum Gasteiger partial charge on any atom is 0.252 e. The number of likely N-dealkylation sites (N-methyl/N-ethyl adjacent to an activating group) is 1. The average Bonchev–Trinajstić information content (AvgIpc) is 3.03. The summed E-state index contributed by atoms with van der Waals surface area (Å²) in [6, 6.07) is 5.80. The van der Waals surface area contributed by atoms with Crippen LogP contribution in [0.1, 0.15) is 63.2 Å². The summed E-state index contributed by atoms with van der Waals surface area (Å²) in [7, 11) is 2.04. The first-order chi connectivity index (χ1) is 11.4. The molecule has 24 heavy (non-hydrogen) atoms. The third-order valence-corrected chi connectivity index (χ3v) is 5.68. The minimum Gasteiger partial charge on any atom is -0.358 e. The number of ketones is 1. The number of anilines is 2. The Morgan fingerprint density at radius 1 is 1.21 bits per heavy atom. The van der Waals surface area contributed by atoms with Gasteiger partial charge in [0.15, 0.2) is 5.78 Å². The molecular formula is C20H28N2O2. The summed E-state index contributed by atoms with van der Waals surface area (Å²) in [4.78, 5) is 29.3. The number of fused-ring (bicyclic) bond motifs is 1. The fraction of sp³-hybridized carbons (Fsp3) is 0.600. The lowest BCUT2D eigenvalue weighted by atomic mass is 9.88. The van der Waals surface area contributed by atoms with Crippen molar-refractivity contribution in [3.63, 3.8) is 0 Å². The molecule has 1 fully saturated rings. The molecule has 4 heteroatoms. The zero-order valence-corrected chi connectivity index (χ0v) is 15.3. The molecule has 1 aliphatic carbocycles. The van der Waals surface area contributed by atoms with Crippen LogP contribution in [0.25, 0.3) is 0 Å². The first-order valence-electron chi connectivity index (χ1n) is 9.07. The SMILES string of the molecule is CC(=O)c1ccc2c(c1)N(CCC(C)C)C(=O)C1(CCCC1)N2C. The second-order valence-electron chi connectivity index (χ2n) is 7.70. The van der Waals surface area contributed by atoms with E-state index in [4.69, 9.17) is 0 Å². The molecule has 0 saturated heterocycles. The highest BCUT2D eigenvalue weighted by Crippen LogP contribution is 2.47. The molecule has 4 nitrogen and oxygen atoms in total. The molecule has 1 aliphatic heterocycles. The molecular weight excluding hydrogens is 300 g/mol. The van der Waals surface area contributed by atoms with Crippen LogP contribution >= 0.6 is 0 Å². The summed E-state index contributed by atoms with van der Waals surface area (Å²) >= 11 is 0. The summed E-state index contributed by atoms with van der Waals surface area (Å²) in [6.07, 6.45) is 5.03. The molecule has 0 N–H and O–H groups in total. The van der Waals surface area contributed by atoms with Gasteiger partial charge in [-0.15, -0.1) is 0 Å². The van der Waals surface area contributed by atoms with Gasteiger partial charge < -0.3 is 9.80 Å². The molecule has 0 bridgehead atoms. The van der Waals surface area contributed by atoms with E-state index < -0.39 is 0 Å². The molecule has 2 aliphatic rings. The Labute approximate surface area is 144 Å². The fourth-order valence-corrected chi connectivity index (χ4v) is 4.10. The van der Waals surface area contributed by atoms with E-state index in [1.54, 1.807) is 6.92 Å². The lowest BCUT2D eigenvalue weighted by Crippen LogP contribution is -2.61. The van der Waals surface area contributed by atoms with Crippen LogP contribution in [0.4, 0.5) is 11.4 Å². The second-order valence-corrected chi connectivity index (χ2v) is 7.70. The maximum atomic E-state index is 13.4. The van der Waals surface area contributed by atoms with Gasteiger partial charge in [-0.25, -0.2) is 0 Å². The summed E-state index contributed by atoms with van der Waals surface area (Å²) in [6.45, 7) is 6.66.